The van der Waals surface area contributed by atoms with Crippen molar-refractivity contribution in [3.05, 3.63) is 72.3 Å². The van der Waals surface area contributed by atoms with Crippen LogP contribution in [0.4, 0.5) is 0 Å². The molecule has 0 aliphatic heterocycles. The van der Waals surface area contributed by atoms with Crippen molar-refractivity contribution in [2.24, 2.45) is 0 Å². The fraction of sp³-hybridized carbons (Fsp3) is 0.0909. The first-order valence-electron chi connectivity index (χ1n) is 8.27. The average molecular weight is 381 g/mol. The zero-order valence-corrected chi connectivity index (χ0v) is 16.0. The number of aryl methyl sites for hydroxylation is 1. The van der Waals surface area contributed by atoms with Crippen molar-refractivity contribution in [3.8, 4) is 16.9 Å². The number of ether oxygens (including phenoxy) is 1. The van der Waals surface area contributed by atoms with E-state index in [1.807, 2.05) is 48.5 Å². The standard InChI is InChI=1S/C22H17ClO2S/c1-14-7-10-18-16(13-14)8-11-19(25-2)21(18)22-17-6-4-3-5-15(17)9-12-20(22)26(23)24/h3-13H,1-2H3. The van der Waals surface area contributed by atoms with E-state index in [1.54, 1.807) is 7.11 Å². The zero-order chi connectivity index (χ0) is 18.3. The van der Waals surface area contributed by atoms with Crippen LogP contribution < -0.4 is 4.74 Å². The van der Waals surface area contributed by atoms with Crippen molar-refractivity contribution in [2.75, 3.05) is 7.11 Å². The van der Waals surface area contributed by atoms with Crippen LogP contribution in [0.3, 0.4) is 0 Å². The Morgan fingerprint density at radius 2 is 1.58 bits per heavy atom. The van der Waals surface area contributed by atoms with Crippen molar-refractivity contribution >= 4 is 42.2 Å². The summed E-state index contributed by atoms with van der Waals surface area (Å²) in [5, 5.41) is 4.24. The van der Waals surface area contributed by atoms with Gasteiger partial charge in [0.2, 0.25) is 0 Å². The number of hydrogen-bond donors (Lipinski definition) is 0. The average Bonchev–Trinajstić information content (AvgIpc) is 2.66. The molecule has 1 atom stereocenters. The molecule has 0 saturated carbocycles. The fourth-order valence-electron chi connectivity index (χ4n) is 3.50. The van der Waals surface area contributed by atoms with Crippen molar-refractivity contribution < 1.29 is 8.95 Å². The lowest BCUT2D eigenvalue weighted by molar-refractivity contribution is 0.417. The zero-order valence-electron chi connectivity index (χ0n) is 14.5. The Kier molecular flexibility index (Phi) is 4.43. The Hall–Kier alpha value is -2.36. The van der Waals surface area contributed by atoms with Gasteiger partial charge in [-0.2, -0.15) is 0 Å². The van der Waals surface area contributed by atoms with Crippen LogP contribution >= 0.6 is 10.7 Å². The molecular formula is C22H17ClO2S. The number of methoxy groups -OCH3 is 1. The third kappa shape index (κ3) is 2.77. The summed E-state index contributed by atoms with van der Waals surface area (Å²) in [7, 11) is 6.08. The molecule has 0 aliphatic carbocycles. The van der Waals surface area contributed by atoms with E-state index in [4.69, 9.17) is 15.4 Å². The molecule has 0 aromatic heterocycles. The highest BCUT2D eigenvalue weighted by molar-refractivity contribution is 8.08. The Labute approximate surface area is 159 Å². The van der Waals surface area contributed by atoms with Gasteiger partial charge >= 0.3 is 0 Å². The number of rotatable bonds is 3. The van der Waals surface area contributed by atoms with Gasteiger partial charge < -0.3 is 4.74 Å². The highest BCUT2D eigenvalue weighted by Crippen LogP contribution is 2.43. The van der Waals surface area contributed by atoms with Gasteiger partial charge in [-0.1, -0.05) is 60.2 Å². The molecular weight excluding hydrogens is 364 g/mol. The predicted octanol–water partition coefficient (Wildman–Crippen LogP) is 6.24. The van der Waals surface area contributed by atoms with Crippen LogP contribution in [-0.2, 0) is 10.0 Å². The predicted molar refractivity (Wildman–Crippen MR) is 110 cm³/mol. The van der Waals surface area contributed by atoms with E-state index in [0.29, 0.717) is 4.90 Å². The SMILES string of the molecule is COc1ccc2cc(C)ccc2c1-c1c(S(=O)Cl)ccc2ccccc12. The monoisotopic (exact) mass is 380 g/mol. The van der Waals surface area contributed by atoms with Gasteiger partial charge in [0, 0.05) is 11.1 Å². The van der Waals surface area contributed by atoms with Crippen molar-refractivity contribution in [3.63, 3.8) is 0 Å². The third-order valence-electron chi connectivity index (χ3n) is 4.67. The van der Waals surface area contributed by atoms with Gasteiger partial charge in [0.25, 0.3) is 0 Å². The Bertz CT molecular complexity index is 1170. The van der Waals surface area contributed by atoms with Crippen LogP contribution in [0.2, 0.25) is 0 Å². The second-order valence-corrected chi connectivity index (χ2v) is 7.98. The molecule has 0 fully saturated rings. The maximum Gasteiger partial charge on any atom is 0.148 e. The minimum absolute atomic E-state index is 0.594. The summed E-state index contributed by atoms with van der Waals surface area (Å²) in [5.41, 5.74) is 2.97. The maximum atomic E-state index is 12.3. The Balaban J connectivity index is 2.23. The van der Waals surface area contributed by atoms with E-state index < -0.39 is 10.0 Å². The summed E-state index contributed by atoms with van der Waals surface area (Å²) in [6.07, 6.45) is 0. The molecule has 0 amide bonds. The minimum atomic E-state index is -1.64. The quantitative estimate of drug-likeness (QED) is 0.393. The van der Waals surface area contributed by atoms with E-state index in [-0.39, 0.29) is 0 Å². The molecule has 0 N–H and O–H groups in total. The lowest BCUT2D eigenvalue weighted by Gasteiger charge is -2.17. The lowest BCUT2D eigenvalue weighted by Crippen LogP contribution is -1.95. The lowest BCUT2D eigenvalue weighted by atomic mass is 9.92. The van der Waals surface area contributed by atoms with Crippen LogP contribution in [0.1, 0.15) is 5.56 Å². The molecule has 4 aromatic rings. The third-order valence-corrected chi connectivity index (χ3v) is 5.86. The largest absolute Gasteiger partial charge is 0.496 e. The van der Waals surface area contributed by atoms with E-state index in [0.717, 1.165) is 38.4 Å². The second kappa shape index (κ2) is 6.75. The van der Waals surface area contributed by atoms with E-state index in [2.05, 4.69) is 25.1 Å². The van der Waals surface area contributed by atoms with E-state index in [9.17, 15) is 4.21 Å². The van der Waals surface area contributed by atoms with Gasteiger partial charge in [0.1, 0.15) is 15.8 Å². The summed E-state index contributed by atoms with van der Waals surface area (Å²) in [4.78, 5) is 0.594. The number of fused-ring (bicyclic) bond motifs is 2. The summed E-state index contributed by atoms with van der Waals surface area (Å²) in [5.74, 6) is 0.737. The minimum Gasteiger partial charge on any atom is -0.496 e. The van der Waals surface area contributed by atoms with Crippen LogP contribution in [-0.4, -0.2) is 11.3 Å². The molecule has 4 aromatic carbocycles. The fourth-order valence-corrected chi connectivity index (χ4v) is 4.43. The van der Waals surface area contributed by atoms with Crippen LogP contribution in [0, 0.1) is 6.92 Å². The summed E-state index contributed by atoms with van der Waals surface area (Å²) in [6.45, 7) is 2.07. The van der Waals surface area contributed by atoms with Gasteiger partial charge in [0.15, 0.2) is 0 Å². The highest BCUT2D eigenvalue weighted by atomic mass is 35.7. The summed E-state index contributed by atoms with van der Waals surface area (Å²) in [6, 6.07) is 22.2. The van der Waals surface area contributed by atoms with Crippen LogP contribution in [0.5, 0.6) is 5.75 Å². The summed E-state index contributed by atoms with van der Waals surface area (Å²) >= 11 is 0. The first-order valence-corrected chi connectivity index (χ1v) is 10.3. The Morgan fingerprint density at radius 3 is 2.35 bits per heavy atom. The topological polar surface area (TPSA) is 26.3 Å². The molecule has 1 unspecified atom stereocenters. The van der Waals surface area contributed by atoms with Gasteiger partial charge in [-0.15, -0.1) is 0 Å². The van der Waals surface area contributed by atoms with E-state index >= 15 is 0 Å². The van der Waals surface area contributed by atoms with E-state index in [1.165, 1.54) is 5.56 Å². The number of benzene rings is 4. The molecule has 4 heteroatoms. The molecule has 130 valence electrons. The molecule has 0 bridgehead atoms. The maximum absolute atomic E-state index is 12.3. The molecule has 0 spiro atoms. The normalized spacial score (nSPS) is 12.4. The smallest absolute Gasteiger partial charge is 0.148 e. The van der Waals surface area contributed by atoms with Crippen molar-refractivity contribution in [1.82, 2.24) is 0 Å². The molecule has 0 heterocycles. The summed E-state index contributed by atoms with van der Waals surface area (Å²) < 4.78 is 18.0. The first-order chi connectivity index (χ1) is 12.6. The van der Waals surface area contributed by atoms with Crippen LogP contribution in [0.15, 0.2) is 71.6 Å². The van der Waals surface area contributed by atoms with Gasteiger partial charge in [-0.25, -0.2) is 4.21 Å². The van der Waals surface area contributed by atoms with Crippen molar-refractivity contribution in [1.29, 1.82) is 0 Å². The van der Waals surface area contributed by atoms with Gasteiger partial charge in [-0.05, 0) is 51.3 Å². The van der Waals surface area contributed by atoms with Gasteiger partial charge in [0.05, 0.1) is 12.0 Å². The number of halogens is 1. The molecule has 4 rings (SSSR count). The molecule has 2 nitrogen and oxygen atoms in total. The highest BCUT2D eigenvalue weighted by Gasteiger charge is 2.19. The molecule has 0 radical (unpaired) electrons. The first kappa shape index (κ1) is 17.1. The second-order valence-electron chi connectivity index (χ2n) is 6.25. The number of hydrogen-bond acceptors (Lipinski definition) is 2. The Morgan fingerprint density at radius 1 is 0.846 bits per heavy atom. The van der Waals surface area contributed by atoms with Crippen LogP contribution in [0.25, 0.3) is 32.7 Å². The molecule has 0 aliphatic rings. The van der Waals surface area contributed by atoms with Gasteiger partial charge in [-0.3, -0.25) is 0 Å². The molecule has 26 heavy (non-hydrogen) atoms. The van der Waals surface area contributed by atoms with Crippen molar-refractivity contribution in [2.45, 2.75) is 11.8 Å². The molecule has 0 saturated heterocycles.